The quantitative estimate of drug-likeness (QED) is 0.246. The highest BCUT2D eigenvalue weighted by atomic mass is 32.2. The van der Waals surface area contributed by atoms with Crippen molar-refractivity contribution in [1.29, 1.82) is 0 Å². The fourth-order valence-corrected chi connectivity index (χ4v) is 5.52. The molecule has 1 N–H and O–H groups in total. The van der Waals surface area contributed by atoms with Crippen molar-refractivity contribution in [2.24, 2.45) is 0 Å². The number of carbonyl (C=O) groups is 2. The van der Waals surface area contributed by atoms with E-state index in [1.165, 1.54) is 4.90 Å². The van der Waals surface area contributed by atoms with E-state index in [0.717, 1.165) is 40.1 Å². The van der Waals surface area contributed by atoms with E-state index in [1.54, 1.807) is 25.3 Å². The molecule has 8 nitrogen and oxygen atoms in total. The first-order chi connectivity index (χ1) is 20.0. The summed E-state index contributed by atoms with van der Waals surface area (Å²) in [6.07, 6.45) is 3.08. The molecule has 0 spiro atoms. The van der Waals surface area contributed by atoms with Crippen molar-refractivity contribution in [1.82, 2.24) is 10.2 Å². The zero-order valence-corrected chi connectivity index (χ0v) is 26.1. The van der Waals surface area contributed by atoms with Gasteiger partial charge < -0.3 is 15.0 Å². The van der Waals surface area contributed by atoms with Crippen molar-refractivity contribution >= 4 is 27.5 Å². The van der Waals surface area contributed by atoms with E-state index >= 15 is 0 Å². The molecule has 0 bridgehead atoms. The van der Waals surface area contributed by atoms with E-state index in [1.807, 2.05) is 67.6 Å². The molecule has 9 heteroatoms. The van der Waals surface area contributed by atoms with Crippen LogP contribution in [0.4, 0.5) is 5.69 Å². The van der Waals surface area contributed by atoms with Crippen LogP contribution in [0, 0.1) is 0 Å². The maximum Gasteiger partial charge on any atom is 0.244 e. The molecule has 3 rings (SSSR count). The minimum absolute atomic E-state index is 0.0959. The van der Waals surface area contributed by atoms with Crippen LogP contribution in [0.25, 0.3) is 0 Å². The zero-order valence-electron chi connectivity index (χ0n) is 25.2. The third-order valence-electron chi connectivity index (χ3n) is 7.11. The van der Waals surface area contributed by atoms with Gasteiger partial charge in [-0.05, 0) is 53.3 Å². The molecule has 0 aromatic heterocycles. The highest BCUT2D eigenvalue weighted by molar-refractivity contribution is 7.92. The lowest BCUT2D eigenvalue weighted by atomic mass is 10.0. The van der Waals surface area contributed by atoms with Gasteiger partial charge in [0.1, 0.15) is 18.3 Å². The summed E-state index contributed by atoms with van der Waals surface area (Å²) >= 11 is 0. The Hall–Kier alpha value is -3.85. The van der Waals surface area contributed by atoms with E-state index in [-0.39, 0.29) is 24.8 Å². The lowest BCUT2D eigenvalue weighted by Gasteiger charge is -2.33. The number of unbranched alkanes of at least 4 members (excludes halogenated alkanes) is 1. The molecule has 0 heterocycles. The van der Waals surface area contributed by atoms with Crippen LogP contribution in [-0.4, -0.2) is 57.6 Å². The Morgan fingerprint density at radius 1 is 0.929 bits per heavy atom. The molecule has 42 heavy (non-hydrogen) atoms. The molecule has 0 aliphatic rings. The summed E-state index contributed by atoms with van der Waals surface area (Å²) in [5.74, 6) is 0.129. The fourth-order valence-electron chi connectivity index (χ4n) is 4.67. The molecular formula is C33H43N3O5S. The van der Waals surface area contributed by atoms with Gasteiger partial charge in [0, 0.05) is 19.5 Å². The van der Waals surface area contributed by atoms with Gasteiger partial charge in [0.15, 0.2) is 0 Å². The lowest BCUT2D eigenvalue weighted by Crippen LogP contribution is -2.53. The standard InChI is InChI=1S/C33H43N3O5S/c1-6-7-20-34-33(38)31(22-26-12-9-8-10-13-26)35(23-27-14-11-15-30(21-27)41-4)32(37)24-36(42(5,39)40)29-18-16-28(17-19-29)25(2)3/h8-19,21,25,31H,6-7,20,22-24H2,1-5H3,(H,34,38)/t31-/m0/s1. The first-order valence-corrected chi connectivity index (χ1v) is 16.2. The van der Waals surface area contributed by atoms with Gasteiger partial charge in [-0.25, -0.2) is 8.42 Å². The average Bonchev–Trinajstić information content (AvgIpc) is 2.97. The number of nitrogens with zero attached hydrogens (tertiary/aromatic N) is 2. The van der Waals surface area contributed by atoms with Gasteiger partial charge in [-0.15, -0.1) is 0 Å². The Morgan fingerprint density at radius 3 is 2.19 bits per heavy atom. The van der Waals surface area contributed by atoms with Crippen LogP contribution in [0.3, 0.4) is 0 Å². The van der Waals surface area contributed by atoms with E-state index < -0.39 is 28.5 Å². The number of hydrogen-bond donors (Lipinski definition) is 1. The Morgan fingerprint density at radius 2 is 1.60 bits per heavy atom. The summed E-state index contributed by atoms with van der Waals surface area (Å²) < 4.78 is 32.5. The number of hydrogen-bond acceptors (Lipinski definition) is 5. The number of nitrogens with one attached hydrogen (secondary N) is 1. The monoisotopic (exact) mass is 593 g/mol. The third kappa shape index (κ3) is 9.34. The van der Waals surface area contributed by atoms with Crippen molar-refractivity contribution in [3.8, 4) is 5.75 Å². The van der Waals surface area contributed by atoms with Crippen molar-refractivity contribution in [2.45, 2.75) is 58.5 Å². The Balaban J connectivity index is 2.04. The van der Waals surface area contributed by atoms with E-state index in [0.29, 0.717) is 18.0 Å². The predicted molar refractivity (Wildman–Crippen MR) is 168 cm³/mol. The molecule has 1 atom stereocenters. The number of sulfonamides is 1. The lowest BCUT2D eigenvalue weighted by molar-refractivity contribution is -0.140. The van der Waals surface area contributed by atoms with E-state index in [2.05, 4.69) is 19.2 Å². The maximum absolute atomic E-state index is 14.2. The smallest absolute Gasteiger partial charge is 0.244 e. The molecule has 0 fully saturated rings. The first-order valence-electron chi connectivity index (χ1n) is 14.3. The molecule has 0 unspecified atom stereocenters. The summed E-state index contributed by atoms with van der Waals surface area (Å²) in [5, 5.41) is 2.99. The SMILES string of the molecule is CCCCNC(=O)[C@H](Cc1ccccc1)N(Cc1cccc(OC)c1)C(=O)CN(c1ccc(C(C)C)cc1)S(C)(=O)=O. The Kier molecular flexibility index (Phi) is 12.0. The second-order valence-corrected chi connectivity index (χ2v) is 12.6. The van der Waals surface area contributed by atoms with Crippen LogP contribution < -0.4 is 14.4 Å². The van der Waals surface area contributed by atoms with Gasteiger partial charge in [0.25, 0.3) is 0 Å². The normalized spacial score (nSPS) is 12.0. The molecule has 0 aliphatic heterocycles. The number of methoxy groups -OCH3 is 1. The number of amides is 2. The minimum Gasteiger partial charge on any atom is -0.497 e. The number of ether oxygens (including phenoxy) is 1. The Bertz CT molecular complexity index is 1410. The maximum atomic E-state index is 14.2. The fraction of sp³-hybridized carbons (Fsp3) is 0.394. The van der Waals surface area contributed by atoms with Crippen LogP contribution in [-0.2, 0) is 32.6 Å². The van der Waals surface area contributed by atoms with Gasteiger partial charge in [0.05, 0.1) is 19.1 Å². The van der Waals surface area contributed by atoms with Gasteiger partial charge >= 0.3 is 0 Å². The second kappa shape index (κ2) is 15.4. The third-order valence-corrected chi connectivity index (χ3v) is 8.26. The van der Waals surface area contributed by atoms with Crippen LogP contribution in [0.1, 0.15) is 56.2 Å². The highest BCUT2D eigenvalue weighted by Crippen LogP contribution is 2.24. The van der Waals surface area contributed by atoms with Gasteiger partial charge in [-0.1, -0.05) is 81.8 Å². The van der Waals surface area contributed by atoms with Crippen LogP contribution >= 0.6 is 0 Å². The topological polar surface area (TPSA) is 96.0 Å². The molecular weight excluding hydrogens is 550 g/mol. The van der Waals surface area contributed by atoms with Crippen LogP contribution in [0.5, 0.6) is 5.75 Å². The highest BCUT2D eigenvalue weighted by Gasteiger charge is 2.33. The summed E-state index contributed by atoms with van der Waals surface area (Å²) in [6.45, 7) is 6.29. The van der Waals surface area contributed by atoms with Crippen LogP contribution in [0.15, 0.2) is 78.9 Å². The summed E-state index contributed by atoms with van der Waals surface area (Å²) in [5.41, 5.74) is 3.10. The second-order valence-electron chi connectivity index (χ2n) is 10.7. The van der Waals surface area contributed by atoms with Crippen molar-refractivity contribution in [3.05, 3.63) is 95.6 Å². The van der Waals surface area contributed by atoms with Crippen LogP contribution in [0.2, 0.25) is 0 Å². The van der Waals surface area contributed by atoms with Gasteiger partial charge in [-0.2, -0.15) is 0 Å². The summed E-state index contributed by atoms with van der Waals surface area (Å²) in [4.78, 5) is 29.3. The average molecular weight is 594 g/mol. The van der Waals surface area contributed by atoms with E-state index in [9.17, 15) is 18.0 Å². The molecule has 0 aliphatic carbocycles. The number of anilines is 1. The van der Waals surface area contributed by atoms with Crippen molar-refractivity contribution in [2.75, 3.05) is 30.8 Å². The molecule has 0 saturated heterocycles. The van der Waals surface area contributed by atoms with Crippen molar-refractivity contribution in [3.63, 3.8) is 0 Å². The summed E-state index contributed by atoms with van der Waals surface area (Å²) in [7, 11) is -2.25. The molecule has 0 radical (unpaired) electrons. The summed E-state index contributed by atoms with van der Waals surface area (Å²) in [6, 6.07) is 23.1. The molecule has 2 amide bonds. The number of rotatable bonds is 15. The largest absolute Gasteiger partial charge is 0.497 e. The zero-order chi connectivity index (χ0) is 30.7. The van der Waals surface area contributed by atoms with Gasteiger partial charge in [-0.3, -0.25) is 13.9 Å². The molecule has 0 saturated carbocycles. The number of benzene rings is 3. The van der Waals surface area contributed by atoms with Crippen molar-refractivity contribution < 1.29 is 22.7 Å². The molecule has 3 aromatic carbocycles. The first kappa shape index (κ1) is 32.7. The predicted octanol–water partition coefficient (Wildman–Crippen LogP) is 5.14. The molecule has 3 aromatic rings. The van der Waals surface area contributed by atoms with Gasteiger partial charge in [0.2, 0.25) is 21.8 Å². The number of carbonyl (C=O) groups excluding carboxylic acids is 2. The van der Waals surface area contributed by atoms with E-state index in [4.69, 9.17) is 4.74 Å². The minimum atomic E-state index is -3.82. The Labute approximate surface area is 250 Å². The molecule has 226 valence electrons.